The fourth-order valence-corrected chi connectivity index (χ4v) is 5.82. The van der Waals surface area contributed by atoms with Crippen LogP contribution < -0.4 is 5.32 Å². The minimum Gasteiger partial charge on any atom is -0.326 e. The second kappa shape index (κ2) is 10.7. The quantitative estimate of drug-likeness (QED) is 0.577. The SMILES string of the molecule is CCN(CC)S(=O)(=O)c1ccc(NC(=O)C2CCN(Cc3cccc(Br)c3)CC2)cc1. The van der Waals surface area contributed by atoms with Crippen molar-refractivity contribution in [2.75, 3.05) is 31.5 Å². The molecule has 0 saturated carbocycles. The number of piperidine rings is 1. The summed E-state index contributed by atoms with van der Waals surface area (Å²) in [6, 6.07) is 14.8. The van der Waals surface area contributed by atoms with Crippen LogP contribution in [0.1, 0.15) is 32.3 Å². The number of nitrogens with one attached hydrogen (secondary N) is 1. The van der Waals surface area contributed by atoms with E-state index in [4.69, 9.17) is 0 Å². The van der Waals surface area contributed by atoms with Crippen LogP contribution in [0.2, 0.25) is 0 Å². The molecule has 1 amide bonds. The number of carbonyl (C=O) groups is 1. The molecule has 1 saturated heterocycles. The van der Waals surface area contributed by atoms with E-state index in [9.17, 15) is 13.2 Å². The molecule has 0 aliphatic carbocycles. The smallest absolute Gasteiger partial charge is 0.243 e. The van der Waals surface area contributed by atoms with E-state index in [0.717, 1.165) is 36.9 Å². The number of hydrogen-bond acceptors (Lipinski definition) is 4. The first-order valence-electron chi connectivity index (χ1n) is 10.7. The maximum Gasteiger partial charge on any atom is 0.243 e. The van der Waals surface area contributed by atoms with Crippen molar-refractivity contribution in [3.8, 4) is 0 Å². The molecular weight excluding hydrogens is 478 g/mol. The van der Waals surface area contributed by atoms with Crippen molar-refractivity contribution in [2.24, 2.45) is 5.92 Å². The molecule has 0 atom stereocenters. The van der Waals surface area contributed by atoms with Gasteiger partial charge in [0.05, 0.1) is 4.90 Å². The summed E-state index contributed by atoms with van der Waals surface area (Å²) in [7, 11) is -3.49. The van der Waals surface area contributed by atoms with Gasteiger partial charge in [0.25, 0.3) is 0 Å². The number of carbonyl (C=O) groups excluding carboxylic acids is 1. The molecule has 2 aromatic carbocycles. The van der Waals surface area contributed by atoms with Crippen LogP contribution >= 0.6 is 15.9 Å². The highest BCUT2D eigenvalue weighted by atomic mass is 79.9. The number of rotatable bonds is 8. The lowest BCUT2D eigenvalue weighted by atomic mass is 9.95. The summed E-state index contributed by atoms with van der Waals surface area (Å²) in [5, 5.41) is 2.95. The lowest BCUT2D eigenvalue weighted by Crippen LogP contribution is -2.37. The third-order valence-electron chi connectivity index (χ3n) is 5.72. The van der Waals surface area contributed by atoms with Crippen molar-refractivity contribution in [3.05, 3.63) is 58.6 Å². The highest BCUT2D eigenvalue weighted by Crippen LogP contribution is 2.23. The molecule has 168 valence electrons. The summed E-state index contributed by atoms with van der Waals surface area (Å²) in [6.07, 6.45) is 1.63. The summed E-state index contributed by atoms with van der Waals surface area (Å²) in [6.45, 7) is 7.14. The number of hydrogen-bond donors (Lipinski definition) is 1. The van der Waals surface area contributed by atoms with Crippen molar-refractivity contribution in [2.45, 2.75) is 38.1 Å². The van der Waals surface area contributed by atoms with Crippen LogP contribution in [0.5, 0.6) is 0 Å². The van der Waals surface area contributed by atoms with Gasteiger partial charge in [-0.15, -0.1) is 0 Å². The Hall–Kier alpha value is -1.74. The van der Waals surface area contributed by atoms with Crippen LogP contribution in [-0.2, 0) is 21.4 Å². The second-order valence-electron chi connectivity index (χ2n) is 7.78. The van der Waals surface area contributed by atoms with E-state index in [1.165, 1.54) is 9.87 Å². The number of sulfonamides is 1. The minimum atomic E-state index is -3.49. The van der Waals surface area contributed by atoms with E-state index in [2.05, 4.69) is 38.3 Å². The molecule has 31 heavy (non-hydrogen) atoms. The van der Waals surface area contributed by atoms with E-state index in [1.807, 2.05) is 26.0 Å². The standard InChI is InChI=1S/C23H30BrN3O3S/c1-3-27(4-2)31(29,30)22-10-8-21(9-11-22)25-23(28)19-12-14-26(15-13-19)17-18-6-5-7-20(24)16-18/h5-11,16,19H,3-4,12-15,17H2,1-2H3,(H,25,28). The predicted octanol–water partition coefficient (Wildman–Crippen LogP) is 4.33. The Morgan fingerprint density at radius 1 is 1.10 bits per heavy atom. The van der Waals surface area contributed by atoms with Crippen LogP contribution in [0.3, 0.4) is 0 Å². The molecular formula is C23H30BrN3O3S. The van der Waals surface area contributed by atoms with Gasteiger partial charge in [-0.2, -0.15) is 4.31 Å². The summed E-state index contributed by atoms with van der Waals surface area (Å²) in [5.74, 6) is -0.0284. The van der Waals surface area contributed by atoms with Crippen LogP contribution in [0.25, 0.3) is 0 Å². The monoisotopic (exact) mass is 507 g/mol. The highest BCUT2D eigenvalue weighted by molar-refractivity contribution is 9.10. The Balaban J connectivity index is 1.53. The molecule has 1 aliphatic heterocycles. The average Bonchev–Trinajstić information content (AvgIpc) is 2.75. The van der Waals surface area contributed by atoms with Crippen molar-refractivity contribution in [1.82, 2.24) is 9.21 Å². The Bertz CT molecular complexity index is 983. The van der Waals surface area contributed by atoms with Crippen LogP contribution in [0.4, 0.5) is 5.69 Å². The van der Waals surface area contributed by atoms with Gasteiger partial charge in [-0.05, 0) is 67.9 Å². The first-order valence-corrected chi connectivity index (χ1v) is 12.9. The molecule has 1 heterocycles. The van der Waals surface area contributed by atoms with Crippen molar-refractivity contribution in [1.29, 1.82) is 0 Å². The number of likely N-dealkylation sites (tertiary alicyclic amines) is 1. The molecule has 0 radical (unpaired) electrons. The largest absolute Gasteiger partial charge is 0.326 e. The van der Waals surface area contributed by atoms with Crippen molar-refractivity contribution < 1.29 is 13.2 Å². The van der Waals surface area contributed by atoms with Gasteiger partial charge in [-0.25, -0.2) is 8.42 Å². The first-order chi connectivity index (χ1) is 14.8. The molecule has 0 unspecified atom stereocenters. The number of nitrogens with zero attached hydrogens (tertiary/aromatic N) is 2. The Morgan fingerprint density at radius 2 is 1.74 bits per heavy atom. The summed E-state index contributed by atoms with van der Waals surface area (Å²) < 4.78 is 27.7. The van der Waals surface area contributed by atoms with Gasteiger partial charge < -0.3 is 5.32 Å². The van der Waals surface area contributed by atoms with Gasteiger partial charge in [0.1, 0.15) is 0 Å². The van der Waals surface area contributed by atoms with Crippen LogP contribution in [0.15, 0.2) is 57.9 Å². The maximum absolute atomic E-state index is 12.7. The van der Waals surface area contributed by atoms with Crippen molar-refractivity contribution in [3.63, 3.8) is 0 Å². The van der Waals surface area contributed by atoms with E-state index >= 15 is 0 Å². The topological polar surface area (TPSA) is 69.7 Å². The number of amides is 1. The molecule has 0 aromatic heterocycles. The molecule has 0 spiro atoms. The van der Waals surface area contributed by atoms with E-state index in [0.29, 0.717) is 18.8 Å². The van der Waals surface area contributed by atoms with E-state index in [1.54, 1.807) is 24.3 Å². The summed E-state index contributed by atoms with van der Waals surface area (Å²) in [4.78, 5) is 15.3. The van der Waals surface area contributed by atoms with Gasteiger partial charge in [-0.1, -0.05) is 41.9 Å². The molecule has 1 N–H and O–H groups in total. The third kappa shape index (κ3) is 6.16. The van der Waals surface area contributed by atoms with Gasteiger partial charge >= 0.3 is 0 Å². The number of anilines is 1. The van der Waals surface area contributed by atoms with Crippen LogP contribution in [0, 0.1) is 5.92 Å². The van der Waals surface area contributed by atoms with Crippen LogP contribution in [-0.4, -0.2) is 49.7 Å². The average molecular weight is 508 g/mol. The van der Waals surface area contributed by atoms with Gasteiger partial charge in [0.15, 0.2) is 0 Å². The van der Waals surface area contributed by atoms with E-state index in [-0.39, 0.29) is 16.7 Å². The summed E-state index contributed by atoms with van der Waals surface area (Å²) in [5.41, 5.74) is 1.89. The Morgan fingerprint density at radius 3 is 2.32 bits per heavy atom. The fourth-order valence-electron chi connectivity index (χ4n) is 3.91. The van der Waals surface area contributed by atoms with Gasteiger partial charge in [0, 0.05) is 35.7 Å². The number of halogens is 1. The van der Waals surface area contributed by atoms with Gasteiger partial charge in [0.2, 0.25) is 15.9 Å². The molecule has 3 rings (SSSR count). The Kier molecular flexibility index (Phi) is 8.27. The molecule has 1 aliphatic rings. The summed E-state index contributed by atoms with van der Waals surface area (Å²) >= 11 is 3.51. The third-order valence-corrected chi connectivity index (χ3v) is 8.28. The zero-order valence-electron chi connectivity index (χ0n) is 18.1. The normalized spacial score (nSPS) is 15.9. The van der Waals surface area contributed by atoms with Crippen molar-refractivity contribution >= 4 is 37.5 Å². The molecule has 1 fully saturated rings. The van der Waals surface area contributed by atoms with Gasteiger partial charge in [-0.3, -0.25) is 9.69 Å². The number of benzene rings is 2. The molecule has 8 heteroatoms. The van der Waals surface area contributed by atoms with E-state index < -0.39 is 10.0 Å². The maximum atomic E-state index is 12.7. The minimum absolute atomic E-state index is 0.00135. The molecule has 6 nitrogen and oxygen atoms in total. The lowest BCUT2D eigenvalue weighted by molar-refractivity contribution is -0.121. The zero-order valence-corrected chi connectivity index (χ0v) is 20.5. The highest BCUT2D eigenvalue weighted by Gasteiger charge is 2.25. The lowest BCUT2D eigenvalue weighted by Gasteiger charge is -2.31. The molecule has 2 aromatic rings. The first kappa shape index (κ1) is 23.9. The second-order valence-corrected chi connectivity index (χ2v) is 10.6. The predicted molar refractivity (Wildman–Crippen MR) is 127 cm³/mol. The Labute approximate surface area is 193 Å². The zero-order chi connectivity index (χ0) is 22.4. The fraction of sp³-hybridized carbons (Fsp3) is 0.435. The molecule has 0 bridgehead atoms.